The van der Waals surface area contributed by atoms with E-state index in [0.29, 0.717) is 12.5 Å². The van der Waals surface area contributed by atoms with E-state index in [1.807, 2.05) is 18.2 Å². The number of guanidine groups is 1. The molecule has 0 spiro atoms. The lowest BCUT2D eigenvalue weighted by Gasteiger charge is -2.22. The number of nitrogens with zero attached hydrogens (tertiary/aromatic N) is 3. The molecule has 30 heavy (non-hydrogen) atoms. The van der Waals surface area contributed by atoms with Gasteiger partial charge in [0.2, 0.25) is 10.0 Å². The van der Waals surface area contributed by atoms with Crippen molar-refractivity contribution in [3.05, 3.63) is 70.3 Å². The second-order valence-electron chi connectivity index (χ2n) is 6.97. The van der Waals surface area contributed by atoms with Crippen molar-refractivity contribution in [1.29, 1.82) is 0 Å². The first-order valence-corrected chi connectivity index (χ1v) is 11.1. The van der Waals surface area contributed by atoms with Gasteiger partial charge < -0.3 is 10.2 Å². The van der Waals surface area contributed by atoms with E-state index < -0.39 is 14.9 Å². The second-order valence-corrected chi connectivity index (χ2v) is 8.74. The van der Waals surface area contributed by atoms with Crippen LogP contribution in [-0.2, 0) is 10.0 Å². The van der Waals surface area contributed by atoms with Crippen molar-refractivity contribution >= 4 is 21.7 Å². The van der Waals surface area contributed by atoms with E-state index in [4.69, 9.17) is 0 Å². The summed E-state index contributed by atoms with van der Waals surface area (Å²) in [4.78, 5) is 16.6. The molecule has 0 aliphatic carbocycles. The third kappa shape index (κ3) is 5.33. The number of hydrogen-bond donors (Lipinski definition) is 2. The molecule has 1 heterocycles. The van der Waals surface area contributed by atoms with Gasteiger partial charge in [0.05, 0.1) is 9.82 Å². The molecule has 1 aliphatic heterocycles. The maximum atomic E-state index is 12.4. The van der Waals surface area contributed by atoms with Crippen LogP contribution in [0.5, 0.6) is 0 Å². The number of benzene rings is 2. The van der Waals surface area contributed by atoms with Crippen LogP contribution in [0.15, 0.2) is 64.5 Å². The number of likely N-dealkylation sites (tertiary alicyclic amines) is 1. The fourth-order valence-electron chi connectivity index (χ4n) is 3.49. The summed E-state index contributed by atoms with van der Waals surface area (Å²) in [6.45, 7) is 2.19. The summed E-state index contributed by atoms with van der Waals surface area (Å²) in [5.74, 6) is 1.17. The van der Waals surface area contributed by atoms with Gasteiger partial charge in [0, 0.05) is 51.3 Å². The number of hydrogen-bond acceptors (Lipinski definition) is 5. The lowest BCUT2D eigenvalue weighted by atomic mass is 9.99. The summed E-state index contributed by atoms with van der Waals surface area (Å²) in [6.07, 6.45) is 1.03. The van der Waals surface area contributed by atoms with Gasteiger partial charge in [0.25, 0.3) is 5.69 Å². The molecule has 0 radical (unpaired) electrons. The third-order valence-corrected chi connectivity index (χ3v) is 6.47. The van der Waals surface area contributed by atoms with Crippen molar-refractivity contribution in [3.8, 4) is 0 Å². The van der Waals surface area contributed by atoms with Crippen LogP contribution in [0.25, 0.3) is 0 Å². The summed E-state index contributed by atoms with van der Waals surface area (Å²) in [5, 5.41) is 14.0. The Hall–Kier alpha value is -2.98. The number of rotatable bonds is 7. The van der Waals surface area contributed by atoms with E-state index in [0.717, 1.165) is 31.5 Å². The largest absolute Gasteiger partial charge is 0.355 e. The Bertz CT molecular complexity index is 1010. The molecule has 2 aromatic rings. The maximum absolute atomic E-state index is 12.4. The lowest BCUT2D eigenvalue weighted by Crippen LogP contribution is -2.43. The first-order chi connectivity index (χ1) is 14.4. The Labute approximate surface area is 176 Å². The molecular weight excluding hydrogens is 406 g/mol. The Morgan fingerprint density at radius 2 is 1.97 bits per heavy atom. The smallest absolute Gasteiger partial charge is 0.270 e. The standard InChI is InChI=1S/C20H25N5O4S/c1-21-20(24-13-10-17(15-24)16-6-3-2-4-7-16)22-11-12-23-30(28,29)19-9-5-8-18(14-19)25(26)27/h2-9,14,17,23H,10-13,15H2,1H3,(H,21,22). The molecule has 3 rings (SSSR count). The molecule has 0 amide bonds. The van der Waals surface area contributed by atoms with Crippen LogP contribution in [0.4, 0.5) is 5.69 Å². The molecular formula is C20H25N5O4S. The van der Waals surface area contributed by atoms with Gasteiger partial charge in [-0.3, -0.25) is 15.1 Å². The number of nitro benzene ring substituents is 1. The molecule has 10 heteroatoms. The molecule has 0 aromatic heterocycles. The summed E-state index contributed by atoms with van der Waals surface area (Å²) in [7, 11) is -2.13. The van der Waals surface area contributed by atoms with Crippen LogP contribution >= 0.6 is 0 Å². The quantitative estimate of drug-likeness (QED) is 0.227. The van der Waals surface area contributed by atoms with Crippen molar-refractivity contribution in [3.63, 3.8) is 0 Å². The van der Waals surface area contributed by atoms with Crippen LogP contribution in [-0.4, -0.2) is 57.4 Å². The molecule has 2 aromatic carbocycles. The third-order valence-electron chi connectivity index (χ3n) is 5.01. The number of non-ortho nitro benzene ring substituents is 1. The van der Waals surface area contributed by atoms with E-state index in [1.54, 1.807) is 7.05 Å². The van der Waals surface area contributed by atoms with Crippen molar-refractivity contribution in [2.45, 2.75) is 17.2 Å². The van der Waals surface area contributed by atoms with Gasteiger partial charge in [-0.15, -0.1) is 0 Å². The Morgan fingerprint density at radius 1 is 1.20 bits per heavy atom. The van der Waals surface area contributed by atoms with E-state index in [9.17, 15) is 18.5 Å². The molecule has 1 saturated heterocycles. The van der Waals surface area contributed by atoms with Crippen molar-refractivity contribution in [2.24, 2.45) is 4.99 Å². The van der Waals surface area contributed by atoms with Crippen LogP contribution < -0.4 is 10.0 Å². The SMILES string of the molecule is CN=C(NCCNS(=O)(=O)c1cccc([N+](=O)[O-])c1)N1CCC(c2ccccc2)C1. The molecule has 0 bridgehead atoms. The molecule has 1 atom stereocenters. The topological polar surface area (TPSA) is 117 Å². The van der Waals surface area contributed by atoms with Gasteiger partial charge in [-0.05, 0) is 18.1 Å². The van der Waals surface area contributed by atoms with E-state index >= 15 is 0 Å². The minimum absolute atomic E-state index is 0.125. The Morgan fingerprint density at radius 3 is 2.67 bits per heavy atom. The monoisotopic (exact) mass is 431 g/mol. The second kappa shape index (κ2) is 9.68. The Kier molecular flexibility index (Phi) is 7.01. The van der Waals surface area contributed by atoms with Crippen molar-refractivity contribution in [2.75, 3.05) is 33.2 Å². The molecule has 0 saturated carbocycles. The van der Waals surface area contributed by atoms with Crippen LogP contribution in [0.3, 0.4) is 0 Å². The average Bonchev–Trinajstić information content (AvgIpc) is 3.24. The van der Waals surface area contributed by atoms with Gasteiger partial charge in [-0.25, -0.2) is 13.1 Å². The molecule has 2 N–H and O–H groups in total. The van der Waals surface area contributed by atoms with Gasteiger partial charge in [0.15, 0.2) is 5.96 Å². The zero-order valence-corrected chi connectivity index (χ0v) is 17.5. The minimum atomic E-state index is -3.83. The normalized spacial score (nSPS) is 17.2. The zero-order valence-electron chi connectivity index (χ0n) is 16.7. The van der Waals surface area contributed by atoms with Crippen LogP contribution in [0.2, 0.25) is 0 Å². The fraction of sp³-hybridized carbons (Fsp3) is 0.350. The van der Waals surface area contributed by atoms with E-state index in [2.05, 4.69) is 32.1 Å². The summed E-state index contributed by atoms with van der Waals surface area (Å²) in [5.41, 5.74) is 1.04. The summed E-state index contributed by atoms with van der Waals surface area (Å²) >= 11 is 0. The van der Waals surface area contributed by atoms with E-state index in [-0.39, 0.29) is 17.1 Å². The highest BCUT2D eigenvalue weighted by Gasteiger charge is 2.26. The van der Waals surface area contributed by atoms with Gasteiger partial charge in [-0.2, -0.15) is 0 Å². The number of nitrogens with one attached hydrogen (secondary N) is 2. The highest BCUT2D eigenvalue weighted by atomic mass is 32.2. The lowest BCUT2D eigenvalue weighted by molar-refractivity contribution is -0.385. The van der Waals surface area contributed by atoms with Crippen LogP contribution in [0.1, 0.15) is 17.9 Å². The van der Waals surface area contributed by atoms with Gasteiger partial charge in [-0.1, -0.05) is 36.4 Å². The highest BCUT2D eigenvalue weighted by molar-refractivity contribution is 7.89. The Balaban J connectivity index is 1.50. The maximum Gasteiger partial charge on any atom is 0.270 e. The molecule has 1 aliphatic rings. The average molecular weight is 432 g/mol. The predicted octanol–water partition coefficient (Wildman–Crippen LogP) is 1.94. The van der Waals surface area contributed by atoms with Crippen LogP contribution in [0, 0.1) is 10.1 Å². The summed E-state index contributed by atoms with van der Waals surface area (Å²) in [6, 6.07) is 15.3. The highest BCUT2D eigenvalue weighted by Crippen LogP contribution is 2.26. The zero-order chi connectivity index (χ0) is 21.6. The first kappa shape index (κ1) is 21.7. The van der Waals surface area contributed by atoms with Gasteiger partial charge in [0.1, 0.15) is 0 Å². The first-order valence-electron chi connectivity index (χ1n) is 9.65. The molecule has 1 unspecified atom stereocenters. The predicted molar refractivity (Wildman–Crippen MR) is 115 cm³/mol. The summed E-state index contributed by atoms with van der Waals surface area (Å²) < 4.78 is 27.2. The fourth-order valence-corrected chi connectivity index (χ4v) is 4.56. The van der Waals surface area contributed by atoms with Crippen molar-refractivity contribution in [1.82, 2.24) is 14.9 Å². The van der Waals surface area contributed by atoms with Crippen molar-refractivity contribution < 1.29 is 13.3 Å². The molecule has 160 valence electrons. The van der Waals surface area contributed by atoms with E-state index in [1.165, 1.54) is 23.8 Å². The molecule has 9 nitrogen and oxygen atoms in total. The number of sulfonamides is 1. The molecule has 1 fully saturated rings. The van der Waals surface area contributed by atoms with Gasteiger partial charge >= 0.3 is 0 Å². The number of nitro groups is 1. The number of aliphatic imine (C=N–C) groups is 1. The minimum Gasteiger partial charge on any atom is -0.355 e.